The number of rotatable bonds is 9. The predicted octanol–water partition coefficient (Wildman–Crippen LogP) is 8.11. The van der Waals surface area contributed by atoms with Crippen molar-refractivity contribution in [2.24, 2.45) is 0 Å². The number of hydrogen-bond acceptors (Lipinski definition) is 4. The standard InChI is InChI=1S/C26H21F10NO3/c1-15-9-16(2)11-21(10-15)39-19-7-4-6-18(13-19)37(14-22(38)24(29,30)31)40-20-8-3-5-17(12-20)23(27,28)25(32,33)26(34,35)36/h3-13,22,38H,14H2,1-2H3. The molecule has 0 aromatic heterocycles. The molecule has 0 heterocycles. The minimum atomic E-state index is -6.60. The van der Waals surface area contributed by atoms with E-state index in [0.29, 0.717) is 16.9 Å². The molecule has 1 atom stereocenters. The smallest absolute Gasteiger partial charge is 0.457 e. The molecule has 218 valence electrons. The number of aryl methyl sites for hydroxylation is 2. The molecule has 0 fully saturated rings. The van der Waals surface area contributed by atoms with Crippen molar-refractivity contribution >= 4 is 5.69 Å². The van der Waals surface area contributed by atoms with Crippen LogP contribution in [0.2, 0.25) is 0 Å². The van der Waals surface area contributed by atoms with Crippen LogP contribution >= 0.6 is 0 Å². The highest BCUT2D eigenvalue weighted by Gasteiger charge is 2.73. The summed E-state index contributed by atoms with van der Waals surface area (Å²) in [7, 11) is 0. The Morgan fingerprint density at radius 1 is 0.725 bits per heavy atom. The topological polar surface area (TPSA) is 41.9 Å². The van der Waals surface area contributed by atoms with E-state index in [1.807, 2.05) is 6.07 Å². The van der Waals surface area contributed by atoms with Crippen molar-refractivity contribution in [3.63, 3.8) is 0 Å². The van der Waals surface area contributed by atoms with Gasteiger partial charge in [0.2, 0.25) is 0 Å². The number of benzene rings is 3. The summed E-state index contributed by atoms with van der Waals surface area (Å²) in [5.74, 6) is -12.6. The van der Waals surface area contributed by atoms with Gasteiger partial charge in [-0.05, 0) is 61.4 Å². The second-order valence-electron chi connectivity index (χ2n) is 8.81. The Labute approximate surface area is 221 Å². The zero-order valence-corrected chi connectivity index (χ0v) is 20.6. The summed E-state index contributed by atoms with van der Waals surface area (Å²) in [6.45, 7) is 2.26. The molecular formula is C26H21F10NO3. The van der Waals surface area contributed by atoms with E-state index < -0.39 is 48.2 Å². The Hall–Kier alpha value is -3.68. The van der Waals surface area contributed by atoms with Gasteiger partial charge in [-0.3, -0.25) is 0 Å². The lowest BCUT2D eigenvalue weighted by molar-refractivity contribution is -0.359. The summed E-state index contributed by atoms with van der Waals surface area (Å²) in [4.78, 5) is 5.20. The molecule has 3 aromatic carbocycles. The average Bonchev–Trinajstić information content (AvgIpc) is 2.82. The Balaban J connectivity index is 1.98. The zero-order chi connectivity index (χ0) is 30.1. The van der Waals surface area contributed by atoms with Crippen molar-refractivity contribution < 1.29 is 58.6 Å². The number of nitrogens with zero attached hydrogens (tertiary/aromatic N) is 1. The lowest BCUT2D eigenvalue weighted by Gasteiger charge is -2.30. The van der Waals surface area contributed by atoms with Gasteiger partial charge in [0.25, 0.3) is 0 Å². The van der Waals surface area contributed by atoms with Crippen molar-refractivity contribution in [1.29, 1.82) is 0 Å². The maximum Gasteiger partial charge on any atom is 0.460 e. The number of aliphatic hydroxyl groups excluding tert-OH is 1. The van der Waals surface area contributed by atoms with Gasteiger partial charge in [0.05, 0.1) is 12.2 Å². The SMILES string of the molecule is Cc1cc(C)cc(Oc2cccc(N(CC(O)C(F)(F)F)Oc3cccc(C(F)(F)C(F)(F)C(F)(F)F)c3)c2)c1. The van der Waals surface area contributed by atoms with E-state index in [2.05, 4.69) is 0 Å². The van der Waals surface area contributed by atoms with E-state index in [1.54, 1.807) is 26.0 Å². The van der Waals surface area contributed by atoms with Crippen LogP contribution in [0.25, 0.3) is 0 Å². The fourth-order valence-electron chi connectivity index (χ4n) is 3.52. The fraction of sp³-hybridized carbons (Fsp3) is 0.308. The largest absolute Gasteiger partial charge is 0.460 e. The van der Waals surface area contributed by atoms with E-state index in [9.17, 15) is 49.0 Å². The molecule has 0 saturated carbocycles. The highest BCUT2D eigenvalue weighted by molar-refractivity contribution is 5.51. The van der Waals surface area contributed by atoms with Gasteiger partial charge in [0.1, 0.15) is 11.5 Å². The van der Waals surface area contributed by atoms with Gasteiger partial charge < -0.3 is 14.7 Å². The second kappa shape index (κ2) is 11.1. The van der Waals surface area contributed by atoms with Gasteiger partial charge >= 0.3 is 24.2 Å². The molecule has 3 aromatic rings. The monoisotopic (exact) mass is 585 g/mol. The summed E-state index contributed by atoms with van der Waals surface area (Å²) < 4.78 is 138. The zero-order valence-electron chi connectivity index (χ0n) is 20.6. The number of aliphatic hydroxyl groups is 1. The van der Waals surface area contributed by atoms with E-state index in [-0.39, 0.29) is 23.6 Å². The minimum absolute atomic E-state index is 0.0858. The molecule has 0 radical (unpaired) electrons. The average molecular weight is 585 g/mol. The Kier molecular flexibility index (Phi) is 8.53. The Bertz CT molecular complexity index is 1300. The molecule has 0 bridgehead atoms. The third-order valence-electron chi connectivity index (χ3n) is 5.42. The van der Waals surface area contributed by atoms with Crippen molar-refractivity contribution in [1.82, 2.24) is 0 Å². The van der Waals surface area contributed by atoms with Crippen LogP contribution in [0.15, 0.2) is 66.7 Å². The van der Waals surface area contributed by atoms with E-state index in [0.717, 1.165) is 17.2 Å². The van der Waals surface area contributed by atoms with E-state index >= 15 is 0 Å². The molecule has 0 spiro atoms. The molecule has 0 aliphatic carbocycles. The van der Waals surface area contributed by atoms with E-state index in [1.165, 1.54) is 24.3 Å². The number of hydrogen-bond donors (Lipinski definition) is 1. The van der Waals surface area contributed by atoms with Gasteiger partial charge in [0, 0.05) is 11.6 Å². The number of halogens is 10. The molecule has 0 aliphatic rings. The first-order valence-electron chi connectivity index (χ1n) is 11.3. The summed E-state index contributed by atoms with van der Waals surface area (Å²) >= 11 is 0. The normalized spacial score (nSPS) is 13.6. The number of alkyl halides is 10. The van der Waals surface area contributed by atoms with Crippen LogP contribution in [0, 0.1) is 13.8 Å². The lowest BCUT2D eigenvalue weighted by atomic mass is 10.0. The van der Waals surface area contributed by atoms with Crippen LogP contribution in [0.4, 0.5) is 49.6 Å². The van der Waals surface area contributed by atoms with Crippen LogP contribution in [0.1, 0.15) is 16.7 Å². The van der Waals surface area contributed by atoms with E-state index in [4.69, 9.17) is 9.57 Å². The van der Waals surface area contributed by atoms with Crippen molar-refractivity contribution in [2.75, 3.05) is 11.6 Å². The second-order valence-corrected chi connectivity index (χ2v) is 8.81. The first kappa shape index (κ1) is 30.9. The molecule has 4 nitrogen and oxygen atoms in total. The van der Waals surface area contributed by atoms with Gasteiger partial charge in [-0.2, -0.15) is 43.9 Å². The molecule has 1 unspecified atom stereocenters. The van der Waals surface area contributed by atoms with Gasteiger partial charge in [-0.25, -0.2) is 5.06 Å². The third kappa shape index (κ3) is 6.90. The molecule has 1 N–H and O–H groups in total. The third-order valence-corrected chi connectivity index (χ3v) is 5.42. The summed E-state index contributed by atoms with van der Waals surface area (Å²) in [6.07, 6.45) is -14.8. The Morgan fingerprint density at radius 3 is 1.88 bits per heavy atom. The molecule has 40 heavy (non-hydrogen) atoms. The van der Waals surface area contributed by atoms with Crippen LogP contribution in [0.3, 0.4) is 0 Å². The molecule has 14 heteroatoms. The van der Waals surface area contributed by atoms with Crippen molar-refractivity contribution in [2.45, 2.75) is 44.1 Å². The summed E-state index contributed by atoms with van der Waals surface area (Å²) in [5, 5.41) is 10.0. The molecule has 3 rings (SSSR count). The maximum atomic E-state index is 14.2. The van der Waals surface area contributed by atoms with Crippen LogP contribution in [-0.4, -0.2) is 36.0 Å². The maximum absolute atomic E-state index is 14.2. The van der Waals surface area contributed by atoms with Gasteiger partial charge in [-0.15, -0.1) is 0 Å². The van der Waals surface area contributed by atoms with Gasteiger partial charge in [0.15, 0.2) is 11.9 Å². The number of ether oxygens (including phenoxy) is 1. The fourth-order valence-corrected chi connectivity index (χ4v) is 3.52. The minimum Gasteiger partial charge on any atom is -0.457 e. The lowest BCUT2D eigenvalue weighted by Crippen LogP contribution is -2.50. The van der Waals surface area contributed by atoms with Crippen LogP contribution in [-0.2, 0) is 5.92 Å². The van der Waals surface area contributed by atoms with Crippen molar-refractivity contribution in [3.8, 4) is 17.2 Å². The quantitative estimate of drug-likeness (QED) is 0.204. The van der Waals surface area contributed by atoms with Gasteiger partial charge in [-0.1, -0.05) is 24.3 Å². The summed E-state index contributed by atoms with van der Waals surface area (Å²) in [5.41, 5.74) is -0.326. The molecule has 0 saturated heterocycles. The molecule has 0 aliphatic heterocycles. The Morgan fingerprint density at radius 2 is 1.30 bits per heavy atom. The number of anilines is 1. The summed E-state index contributed by atoms with van der Waals surface area (Å²) in [6, 6.07) is 12.2. The molecular weight excluding hydrogens is 564 g/mol. The van der Waals surface area contributed by atoms with Crippen LogP contribution < -0.4 is 14.6 Å². The number of hydroxylamine groups is 1. The highest BCUT2D eigenvalue weighted by atomic mass is 19.4. The first-order valence-corrected chi connectivity index (χ1v) is 11.3. The van der Waals surface area contributed by atoms with Crippen LogP contribution in [0.5, 0.6) is 17.2 Å². The van der Waals surface area contributed by atoms with Crippen molar-refractivity contribution in [3.05, 3.63) is 83.4 Å². The predicted molar refractivity (Wildman–Crippen MR) is 124 cm³/mol. The highest BCUT2D eigenvalue weighted by Crippen LogP contribution is 2.52. The first-order chi connectivity index (χ1) is 18.3. The molecule has 0 amide bonds.